The Labute approximate surface area is 81.7 Å². The van der Waals surface area contributed by atoms with Gasteiger partial charge in [-0.3, -0.25) is 4.79 Å². The van der Waals surface area contributed by atoms with Crippen molar-refractivity contribution in [1.82, 2.24) is 4.98 Å². The number of hydrogen-bond acceptors (Lipinski definition) is 3. The summed E-state index contributed by atoms with van der Waals surface area (Å²) in [6, 6.07) is 5.31. The molecule has 0 fully saturated rings. The molecule has 0 saturated heterocycles. The summed E-state index contributed by atoms with van der Waals surface area (Å²) in [7, 11) is 0. The summed E-state index contributed by atoms with van der Waals surface area (Å²) >= 11 is 0. The lowest BCUT2D eigenvalue weighted by atomic mass is 10.2. The van der Waals surface area contributed by atoms with Crippen molar-refractivity contribution < 1.29 is 4.79 Å². The Morgan fingerprint density at radius 3 is 3.14 bits per heavy atom. The first-order valence-corrected chi connectivity index (χ1v) is 4.03. The van der Waals surface area contributed by atoms with E-state index >= 15 is 0 Å². The van der Waals surface area contributed by atoms with Crippen molar-refractivity contribution in [2.24, 2.45) is 5.73 Å². The van der Waals surface area contributed by atoms with Crippen LogP contribution in [0.5, 0.6) is 0 Å². The van der Waals surface area contributed by atoms with Gasteiger partial charge in [0.1, 0.15) is 11.8 Å². The van der Waals surface area contributed by atoms with Gasteiger partial charge in [0.25, 0.3) is 0 Å². The van der Waals surface area contributed by atoms with E-state index in [1.807, 2.05) is 6.07 Å². The normalized spacial score (nSPS) is 9.93. The largest absolute Gasteiger partial charge is 0.369 e. The maximum Gasteiger partial charge on any atom is 0.221 e. The first-order chi connectivity index (χ1) is 6.72. The van der Waals surface area contributed by atoms with Crippen molar-refractivity contribution in [2.75, 3.05) is 0 Å². The van der Waals surface area contributed by atoms with Crippen molar-refractivity contribution in [1.29, 1.82) is 5.26 Å². The SMILES string of the molecule is N#Cc1cc(C=CCC(N)=O)ccn1. The Balaban J connectivity index is 2.72. The highest BCUT2D eigenvalue weighted by molar-refractivity contribution is 5.76. The molecule has 0 aliphatic rings. The van der Waals surface area contributed by atoms with Gasteiger partial charge in [-0.05, 0) is 17.7 Å². The molecule has 0 spiro atoms. The summed E-state index contributed by atoms with van der Waals surface area (Å²) in [5.41, 5.74) is 6.14. The molecule has 0 bridgehead atoms. The number of nitrogens with zero attached hydrogens (tertiary/aromatic N) is 2. The molecule has 70 valence electrons. The molecule has 0 aliphatic carbocycles. The van der Waals surface area contributed by atoms with E-state index in [2.05, 4.69) is 4.98 Å². The topological polar surface area (TPSA) is 79.8 Å². The van der Waals surface area contributed by atoms with Crippen molar-refractivity contribution in [3.8, 4) is 6.07 Å². The van der Waals surface area contributed by atoms with Crippen LogP contribution in [0.15, 0.2) is 24.4 Å². The van der Waals surface area contributed by atoms with E-state index in [1.54, 1.807) is 30.5 Å². The second-order valence-corrected chi connectivity index (χ2v) is 2.66. The average Bonchev–Trinajstić information content (AvgIpc) is 2.18. The Morgan fingerprint density at radius 2 is 2.50 bits per heavy atom. The van der Waals surface area contributed by atoms with Gasteiger partial charge in [-0.1, -0.05) is 12.2 Å². The third kappa shape index (κ3) is 3.07. The summed E-state index contributed by atoms with van der Waals surface area (Å²) in [6.07, 6.45) is 5.12. The number of amides is 1. The zero-order valence-corrected chi connectivity index (χ0v) is 7.47. The van der Waals surface area contributed by atoms with E-state index in [0.717, 1.165) is 5.56 Å². The highest BCUT2D eigenvalue weighted by Crippen LogP contribution is 2.03. The van der Waals surface area contributed by atoms with Gasteiger partial charge in [0, 0.05) is 12.6 Å². The number of carbonyl (C=O) groups excluding carboxylic acids is 1. The molecule has 1 amide bonds. The summed E-state index contributed by atoms with van der Waals surface area (Å²) < 4.78 is 0. The number of hydrogen-bond donors (Lipinski definition) is 1. The first-order valence-electron chi connectivity index (χ1n) is 4.03. The predicted molar refractivity (Wildman–Crippen MR) is 51.8 cm³/mol. The first kappa shape index (κ1) is 9.93. The lowest BCUT2D eigenvalue weighted by Gasteiger charge is -1.92. The van der Waals surface area contributed by atoms with Crippen LogP contribution in [0.25, 0.3) is 6.08 Å². The van der Waals surface area contributed by atoms with Gasteiger partial charge in [0.15, 0.2) is 0 Å². The van der Waals surface area contributed by atoms with Crippen LogP contribution in [0, 0.1) is 11.3 Å². The smallest absolute Gasteiger partial charge is 0.221 e. The van der Waals surface area contributed by atoms with E-state index in [-0.39, 0.29) is 12.3 Å². The number of nitrogens with two attached hydrogens (primary N) is 1. The Hall–Kier alpha value is -2.15. The molecule has 14 heavy (non-hydrogen) atoms. The van der Waals surface area contributed by atoms with Gasteiger partial charge in [-0.25, -0.2) is 4.98 Å². The highest BCUT2D eigenvalue weighted by atomic mass is 16.1. The Morgan fingerprint density at radius 1 is 1.71 bits per heavy atom. The molecule has 0 radical (unpaired) electrons. The number of rotatable bonds is 3. The molecule has 0 saturated carbocycles. The fraction of sp³-hybridized carbons (Fsp3) is 0.100. The lowest BCUT2D eigenvalue weighted by Crippen LogP contribution is -2.07. The fourth-order valence-corrected chi connectivity index (χ4v) is 0.923. The summed E-state index contributed by atoms with van der Waals surface area (Å²) in [5, 5.41) is 8.56. The van der Waals surface area contributed by atoms with Crippen LogP contribution in [0.1, 0.15) is 17.7 Å². The summed E-state index contributed by atoms with van der Waals surface area (Å²) in [6.45, 7) is 0. The molecule has 1 aromatic rings. The second kappa shape index (κ2) is 4.77. The van der Waals surface area contributed by atoms with Crippen molar-refractivity contribution in [2.45, 2.75) is 6.42 Å². The van der Waals surface area contributed by atoms with Gasteiger partial charge in [-0.15, -0.1) is 0 Å². The third-order valence-electron chi connectivity index (χ3n) is 1.53. The molecule has 1 heterocycles. The Kier molecular flexibility index (Phi) is 3.39. The summed E-state index contributed by atoms with van der Waals surface area (Å²) in [4.78, 5) is 14.2. The highest BCUT2D eigenvalue weighted by Gasteiger charge is 1.92. The lowest BCUT2D eigenvalue weighted by molar-refractivity contribution is -0.117. The molecule has 4 heteroatoms. The van der Waals surface area contributed by atoms with Crippen molar-refractivity contribution >= 4 is 12.0 Å². The fourth-order valence-electron chi connectivity index (χ4n) is 0.923. The van der Waals surface area contributed by atoms with E-state index in [1.165, 1.54) is 0 Å². The zero-order valence-electron chi connectivity index (χ0n) is 7.47. The molecule has 2 N–H and O–H groups in total. The molecule has 0 unspecified atom stereocenters. The molecular weight excluding hydrogens is 178 g/mol. The molecular formula is C10H9N3O. The number of nitriles is 1. The van der Waals surface area contributed by atoms with Gasteiger partial charge >= 0.3 is 0 Å². The predicted octanol–water partition coefficient (Wildman–Crippen LogP) is 0.842. The van der Waals surface area contributed by atoms with Crippen molar-refractivity contribution in [3.63, 3.8) is 0 Å². The molecule has 0 atom stereocenters. The van der Waals surface area contributed by atoms with E-state index in [9.17, 15) is 4.79 Å². The standard InChI is InChI=1S/C10H9N3O/c11-7-9-6-8(4-5-13-9)2-1-3-10(12)14/h1-2,4-6H,3H2,(H2,12,14). The van der Waals surface area contributed by atoms with Crippen LogP contribution >= 0.6 is 0 Å². The monoisotopic (exact) mass is 187 g/mol. The van der Waals surface area contributed by atoms with Crippen LogP contribution in [0.3, 0.4) is 0 Å². The number of pyridine rings is 1. The molecule has 1 aromatic heterocycles. The van der Waals surface area contributed by atoms with Gasteiger partial charge < -0.3 is 5.73 Å². The number of aromatic nitrogens is 1. The van der Waals surface area contributed by atoms with Crippen LogP contribution in [-0.4, -0.2) is 10.9 Å². The van der Waals surface area contributed by atoms with Crippen LogP contribution in [0.2, 0.25) is 0 Å². The summed E-state index contributed by atoms with van der Waals surface area (Å²) in [5.74, 6) is -0.379. The van der Waals surface area contributed by atoms with E-state index in [4.69, 9.17) is 11.0 Å². The Bertz CT molecular complexity index is 404. The van der Waals surface area contributed by atoms with Crippen LogP contribution < -0.4 is 5.73 Å². The van der Waals surface area contributed by atoms with Gasteiger partial charge in [-0.2, -0.15) is 5.26 Å². The zero-order chi connectivity index (χ0) is 10.4. The maximum absolute atomic E-state index is 10.4. The molecule has 1 rings (SSSR count). The average molecular weight is 187 g/mol. The van der Waals surface area contributed by atoms with Gasteiger partial charge in [0.2, 0.25) is 5.91 Å². The number of carbonyl (C=O) groups is 1. The maximum atomic E-state index is 10.4. The van der Waals surface area contributed by atoms with E-state index in [0.29, 0.717) is 5.69 Å². The third-order valence-corrected chi connectivity index (χ3v) is 1.53. The number of primary amides is 1. The minimum Gasteiger partial charge on any atom is -0.369 e. The van der Waals surface area contributed by atoms with Crippen LogP contribution in [0.4, 0.5) is 0 Å². The molecule has 0 aromatic carbocycles. The molecule has 0 aliphatic heterocycles. The quantitative estimate of drug-likeness (QED) is 0.761. The van der Waals surface area contributed by atoms with Crippen molar-refractivity contribution in [3.05, 3.63) is 35.7 Å². The van der Waals surface area contributed by atoms with Gasteiger partial charge in [0.05, 0.1) is 0 Å². The van der Waals surface area contributed by atoms with Crippen LogP contribution in [-0.2, 0) is 4.79 Å². The minimum atomic E-state index is -0.379. The minimum absolute atomic E-state index is 0.199. The molecule has 4 nitrogen and oxygen atoms in total. The second-order valence-electron chi connectivity index (χ2n) is 2.66. The van der Waals surface area contributed by atoms with E-state index < -0.39 is 0 Å².